The quantitative estimate of drug-likeness (QED) is 0.0729. The van der Waals surface area contributed by atoms with E-state index in [1.807, 2.05) is 56.4 Å². The lowest BCUT2D eigenvalue weighted by Crippen LogP contribution is -2.39. The van der Waals surface area contributed by atoms with Crippen molar-refractivity contribution in [2.24, 2.45) is 11.3 Å². The van der Waals surface area contributed by atoms with Crippen molar-refractivity contribution in [3.05, 3.63) is 143 Å². The molecule has 0 heterocycles. The van der Waals surface area contributed by atoms with Gasteiger partial charge in [-0.1, -0.05) is 111 Å². The van der Waals surface area contributed by atoms with E-state index in [0.29, 0.717) is 19.1 Å². The van der Waals surface area contributed by atoms with Gasteiger partial charge in [0.05, 0.1) is 12.0 Å². The molecule has 0 saturated carbocycles. The fraction of sp³-hybridized carbons (Fsp3) is 0.381. The number of rotatable bonds is 18. The normalized spacial score (nSPS) is 14.7. The lowest BCUT2D eigenvalue weighted by molar-refractivity contribution is -0.140. The van der Waals surface area contributed by atoms with Gasteiger partial charge in [-0.2, -0.15) is 0 Å². The minimum Gasteiger partial charge on any atom is -0.490 e. The van der Waals surface area contributed by atoms with Crippen molar-refractivity contribution < 1.29 is 14.2 Å². The van der Waals surface area contributed by atoms with Crippen LogP contribution in [0.25, 0.3) is 5.57 Å². The van der Waals surface area contributed by atoms with Crippen LogP contribution in [-0.2, 0) is 15.9 Å². The van der Waals surface area contributed by atoms with Crippen LogP contribution in [0.15, 0.2) is 132 Å². The van der Waals surface area contributed by atoms with Crippen molar-refractivity contribution in [2.75, 3.05) is 13.2 Å². The zero-order chi connectivity index (χ0) is 33.2. The fourth-order valence-corrected chi connectivity index (χ4v) is 4.91. The second-order valence-corrected chi connectivity index (χ2v) is 12.2. The highest BCUT2D eigenvalue weighted by Gasteiger charge is 2.35. The Hall–Kier alpha value is -3.82. The number of benzene rings is 2. The van der Waals surface area contributed by atoms with E-state index in [4.69, 9.17) is 14.2 Å². The SMILES string of the molecule is C=C/C=C(\C=C/C)C(C)(C)C(OCCOC(/C(=C\C)c1ccccc1)=C(C)\C(C)=C\C=C/C)Oc1ccc(CCC(C)C)cc1. The molecular weight excluding hydrogens is 552 g/mol. The number of ether oxygens (including phenoxy) is 3. The van der Waals surface area contributed by atoms with Crippen molar-refractivity contribution in [3.63, 3.8) is 0 Å². The van der Waals surface area contributed by atoms with Gasteiger partial charge in [-0.05, 0) is 107 Å². The second kappa shape index (κ2) is 19.5. The Kier molecular flexibility index (Phi) is 16.2. The maximum atomic E-state index is 6.58. The molecule has 0 radical (unpaired) electrons. The third-order valence-electron chi connectivity index (χ3n) is 7.84. The minimum atomic E-state index is -0.565. The summed E-state index contributed by atoms with van der Waals surface area (Å²) < 4.78 is 19.7. The average Bonchev–Trinajstić information content (AvgIpc) is 3.03. The first-order chi connectivity index (χ1) is 21.6. The van der Waals surface area contributed by atoms with Crippen LogP contribution in [0.4, 0.5) is 0 Å². The molecule has 2 aromatic rings. The Morgan fingerprint density at radius 1 is 0.889 bits per heavy atom. The van der Waals surface area contributed by atoms with Gasteiger partial charge in [0.25, 0.3) is 0 Å². The van der Waals surface area contributed by atoms with Crippen molar-refractivity contribution in [1.82, 2.24) is 0 Å². The average molecular weight is 609 g/mol. The van der Waals surface area contributed by atoms with Gasteiger partial charge in [0.15, 0.2) is 0 Å². The van der Waals surface area contributed by atoms with Gasteiger partial charge < -0.3 is 14.2 Å². The van der Waals surface area contributed by atoms with E-state index < -0.39 is 11.7 Å². The molecule has 0 spiro atoms. The molecule has 1 atom stereocenters. The maximum Gasteiger partial charge on any atom is 0.209 e. The number of allylic oxidation sites excluding steroid dienone is 11. The van der Waals surface area contributed by atoms with E-state index in [9.17, 15) is 0 Å². The topological polar surface area (TPSA) is 27.7 Å². The number of hydrogen-bond acceptors (Lipinski definition) is 3. The zero-order valence-corrected chi connectivity index (χ0v) is 29.2. The summed E-state index contributed by atoms with van der Waals surface area (Å²) in [6.07, 6.45) is 17.9. The first-order valence-corrected chi connectivity index (χ1v) is 16.3. The first kappa shape index (κ1) is 37.4. The summed E-state index contributed by atoms with van der Waals surface area (Å²) in [5, 5.41) is 0. The molecule has 0 bridgehead atoms. The molecule has 0 fully saturated rings. The van der Waals surface area contributed by atoms with Crippen LogP contribution in [0, 0.1) is 11.3 Å². The molecule has 0 aliphatic heterocycles. The van der Waals surface area contributed by atoms with Gasteiger partial charge in [0.2, 0.25) is 6.29 Å². The van der Waals surface area contributed by atoms with Gasteiger partial charge in [0, 0.05) is 5.57 Å². The zero-order valence-electron chi connectivity index (χ0n) is 29.2. The first-order valence-electron chi connectivity index (χ1n) is 16.3. The Labute approximate surface area is 274 Å². The maximum absolute atomic E-state index is 6.58. The Morgan fingerprint density at radius 3 is 2.16 bits per heavy atom. The van der Waals surface area contributed by atoms with Crippen molar-refractivity contribution in [3.8, 4) is 5.75 Å². The molecule has 45 heavy (non-hydrogen) atoms. The summed E-state index contributed by atoms with van der Waals surface area (Å²) in [5.74, 6) is 2.30. The highest BCUT2D eigenvalue weighted by Crippen LogP contribution is 2.36. The van der Waals surface area contributed by atoms with E-state index in [2.05, 4.69) is 116 Å². The summed E-state index contributed by atoms with van der Waals surface area (Å²) in [4.78, 5) is 0. The molecule has 3 heteroatoms. The highest BCUT2D eigenvalue weighted by molar-refractivity contribution is 5.78. The summed E-state index contributed by atoms with van der Waals surface area (Å²) in [6.45, 7) is 23.8. The van der Waals surface area contributed by atoms with Crippen LogP contribution >= 0.6 is 0 Å². The van der Waals surface area contributed by atoms with Crippen LogP contribution in [0.1, 0.15) is 79.9 Å². The van der Waals surface area contributed by atoms with Crippen molar-refractivity contribution >= 4 is 5.57 Å². The molecule has 2 rings (SSSR count). The Morgan fingerprint density at radius 2 is 1.58 bits per heavy atom. The predicted molar refractivity (Wildman–Crippen MR) is 194 cm³/mol. The Bertz CT molecular complexity index is 1360. The number of aryl methyl sites for hydroxylation is 1. The summed E-state index contributed by atoms with van der Waals surface area (Å²) in [7, 11) is 0. The van der Waals surface area contributed by atoms with Gasteiger partial charge in [-0.3, -0.25) is 0 Å². The highest BCUT2D eigenvalue weighted by atomic mass is 16.7. The summed E-state index contributed by atoms with van der Waals surface area (Å²) in [6, 6.07) is 18.8. The third-order valence-corrected chi connectivity index (χ3v) is 7.84. The standard InChI is InChI=1S/C42H56O3/c1-11-15-21-33(7)34(8)40(39(14-4)36-22-17-16-18-23-36)43-30-31-44-41(42(9,10)37(19-12-2)20-13-3)45-38-28-26-35(27-29-38)25-24-32(5)6/h11-23,26-29,32,41H,2,24-25,30-31H2,1,3-10H3/b15-11-,20-13-,33-21+,37-19+,39-14-,40-34-. The molecule has 0 amide bonds. The van der Waals surface area contributed by atoms with E-state index in [-0.39, 0.29) is 0 Å². The smallest absolute Gasteiger partial charge is 0.209 e. The van der Waals surface area contributed by atoms with E-state index in [1.165, 1.54) is 5.56 Å². The largest absolute Gasteiger partial charge is 0.490 e. The van der Waals surface area contributed by atoms with Crippen LogP contribution in [0.5, 0.6) is 5.75 Å². The molecule has 0 aliphatic carbocycles. The molecule has 0 aromatic heterocycles. The van der Waals surface area contributed by atoms with Gasteiger partial charge in [-0.15, -0.1) is 0 Å². The molecule has 0 aliphatic rings. The summed E-state index contributed by atoms with van der Waals surface area (Å²) in [5.41, 5.74) is 6.30. The Balaban J connectivity index is 2.36. The van der Waals surface area contributed by atoms with E-state index >= 15 is 0 Å². The van der Waals surface area contributed by atoms with Gasteiger partial charge in [0.1, 0.15) is 18.1 Å². The lowest BCUT2D eigenvalue weighted by atomic mass is 9.82. The van der Waals surface area contributed by atoms with Gasteiger partial charge >= 0.3 is 0 Å². The molecule has 0 N–H and O–H groups in total. The molecule has 1 unspecified atom stereocenters. The molecule has 2 aromatic carbocycles. The predicted octanol–water partition coefficient (Wildman–Crippen LogP) is 11.6. The van der Waals surface area contributed by atoms with Crippen LogP contribution < -0.4 is 4.74 Å². The van der Waals surface area contributed by atoms with Crippen molar-refractivity contribution in [2.45, 2.75) is 81.4 Å². The fourth-order valence-electron chi connectivity index (χ4n) is 4.91. The molecule has 242 valence electrons. The second-order valence-electron chi connectivity index (χ2n) is 12.2. The molecular formula is C42H56O3. The summed E-state index contributed by atoms with van der Waals surface area (Å²) >= 11 is 0. The van der Waals surface area contributed by atoms with E-state index in [1.54, 1.807) is 0 Å². The van der Waals surface area contributed by atoms with E-state index in [0.717, 1.165) is 52.2 Å². The lowest BCUT2D eigenvalue weighted by Gasteiger charge is -2.35. The third kappa shape index (κ3) is 11.9. The minimum absolute atomic E-state index is 0.345. The van der Waals surface area contributed by atoms with Crippen LogP contribution in [0.3, 0.4) is 0 Å². The molecule has 0 saturated heterocycles. The van der Waals surface area contributed by atoms with Crippen molar-refractivity contribution in [1.29, 1.82) is 0 Å². The monoisotopic (exact) mass is 608 g/mol. The van der Waals surface area contributed by atoms with Gasteiger partial charge in [-0.25, -0.2) is 0 Å². The molecule has 3 nitrogen and oxygen atoms in total. The van der Waals surface area contributed by atoms with Crippen LogP contribution in [-0.4, -0.2) is 19.5 Å². The number of hydrogen-bond donors (Lipinski definition) is 0. The van der Waals surface area contributed by atoms with Crippen LogP contribution in [0.2, 0.25) is 0 Å².